The van der Waals surface area contributed by atoms with Crippen LogP contribution in [0.25, 0.3) is 0 Å². The van der Waals surface area contributed by atoms with Crippen LogP contribution in [-0.4, -0.2) is 61.2 Å². The van der Waals surface area contributed by atoms with E-state index in [2.05, 4.69) is 21.7 Å². The summed E-state index contributed by atoms with van der Waals surface area (Å²) < 4.78 is 19.6. The molecule has 2 aromatic rings. The third-order valence-corrected chi connectivity index (χ3v) is 6.48. The highest BCUT2D eigenvalue weighted by atomic mass is 35.5. The molecule has 0 saturated carbocycles. The van der Waals surface area contributed by atoms with Gasteiger partial charge in [-0.15, -0.1) is 0 Å². The van der Waals surface area contributed by atoms with Crippen LogP contribution in [0.1, 0.15) is 32.6 Å². The third-order valence-electron chi connectivity index (χ3n) is 6.17. The number of anilines is 2. The van der Waals surface area contributed by atoms with Crippen LogP contribution >= 0.6 is 11.6 Å². The fourth-order valence-corrected chi connectivity index (χ4v) is 4.49. The van der Waals surface area contributed by atoms with Gasteiger partial charge in [0.15, 0.2) is 0 Å². The molecule has 1 aromatic heterocycles. The monoisotopic (exact) mass is 460 g/mol. The molecule has 0 radical (unpaired) electrons. The Hall–Kier alpha value is -2.38. The summed E-state index contributed by atoms with van der Waals surface area (Å²) >= 11 is 5.79. The number of carbonyl (C=O) groups is 1. The van der Waals surface area contributed by atoms with Crippen LogP contribution in [0.15, 0.2) is 36.5 Å². The van der Waals surface area contributed by atoms with Crippen molar-refractivity contribution in [1.82, 2.24) is 9.88 Å². The van der Waals surface area contributed by atoms with Crippen molar-refractivity contribution >= 4 is 29.0 Å². The van der Waals surface area contributed by atoms with Crippen LogP contribution in [0, 0.1) is 5.82 Å². The number of unbranched alkanes of at least 4 members (excludes halogenated alkanes) is 1. The molecule has 172 valence electrons. The number of hydrogen-bond acceptors (Lipinski definition) is 5. The molecule has 8 heteroatoms. The molecule has 1 amide bonds. The summed E-state index contributed by atoms with van der Waals surface area (Å²) in [4.78, 5) is 23.9. The number of benzene rings is 1. The van der Waals surface area contributed by atoms with Gasteiger partial charge in [0.05, 0.1) is 23.9 Å². The second kappa shape index (κ2) is 10.5. The molecule has 1 unspecified atom stereocenters. The van der Waals surface area contributed by atoms with Crippen LogP contribution < -0.4 is 14.5 Å². The SMILES string of the molecule is CCCCOc1ccc(N2CCCN(C3CCN(c4ccc(Cl)c(F)c4)C3=O)CC2)nc1. The van der Waals surface area contributed by atoms with Crippen LogP contribution in [0.4, 0.5) is 15.9 Å². The molecule has 2 saturated heterocycles. The van der Waals surface area contributed by atoms with Crippen molar-refractivity contribution in [3.63, 3.8) is 0 Å². The Bertz CT molecular complexity index is 927. The van der Waals surface area contributed by atoms with E-state index in [4.69, 9.17) is 16.3 Å². The predicted molar refractivity (Wildman–Crippen MR) is 125 cm³/mol. The average molecular weight is 461 g/mol. The summed E-state index contributed by atoms with van der Waals surface area (Å²) in [6.45, 7) is 6.79. The molecule has 2 fully saturated rings. The summed E-state index contributed by atoms with van der Waals surface area (Å²) in [5, 5.41) is 0.0683. The van der Waals surface area contributed by atoms with Crippen molar-refractivity contribution in [2.75, 3.05) is 49.1 Å². The van der Waals surface area contributed by atoms with Crippen LogP contribution in [0.2, 0.25) is 5.02 Å². The average Bonchev–Trinajstić information content (AvgIpc) is 3.02. The Labute approximate surface area is 193 Å². The second-order valence-electron chi connectivity index (χ2n) is 8.32. The summed E-state index contributed by atoms with van der Waals surface area (Å²) in [5.41, 5.74) is 0.571. The number of ether oxygens (including phenoxy) is 1. The number of rotatable bonds is 7. The maximum absolute atomic E-state index is 13.9. The Morgan fingerprint density at radius 2 is 2.03 bits per heavy atom. The molecule has 0 N–H and O–H groups in total. The van der Waals surface area contributed by atoms with E-state index in [1.165, 1.54) is 12.1 Å². The van der Waals surface area contributed by atoms with E-state index in [0.29, 0.717) is 18.8 Å². The molecule has 0 bridgehead atoms. The molecule has 3 heterocycles. The smallest absolute Gasteiger partial charge is 0.244 e. The van der Waals surface area contributed by atoms with E-state index in [-0.39, 0.29) is 17.0 Å². The first-order chi connectivity index (χ1) is 15.6. The number of hydrogen-bond donors (Lipinski definition) is 0. The molecule has 1 aromatic carbocycles. The lowest BCUT2D eigenvalue weighted by Crippen LogP contribution is -2.43. The van der Waals surface area contributed by atoms with E-state index in [9.17, 15) is 9.18 Å². The van der Waals surface area contributed by atoms with Crippen molar-refractivity contribution < 1.29 is 13.9 Å². The largest absolute Gasteiger partial charge is 0.492 e. The van der Waals surface area contributed by atoms with Gasteiger partial charge in [-0.2, -0.15) is 0 Å². The van der Waals surface area contributed by atoms with E-state index in [1.54, 1.807) is 17.2 Å². The Balaban J connectivity index is 1.35. The predicted octanol–water partition coefficient (Wildman–Crippen LogP) is 4.37. The summed E-state index contributed by atoms with van der Waals surface area (Å²) in [6, 6.07) is 8.37. The molecule has 6 nitrogen and oxygen atoms in total. The Morgan fingerprint density at radius 1 is 1.16 bits per heavy atom. The van der Waals surface area contributed by atoms with Crippen LogP contribution in [0.5, 0.6) is 5.75 Å². The minimum atomic E-state index is -0.500. The third kappa shape index (κ3) is 5.15. The van der Waals surface area contributed by atoms with Gasteiger partial charge in [-0.3, -0.25) is 9.69 Å². The number of halogens is 2. The number of nitrogens with zero attached hydrogens (tertiary/aromatic N) is 4. The van der Waals surface area contributed by atoms with Crippen molar-refractivity contribution in [3.05, 3.63) is 47.4 Å². The number of amides is 1. The van der Waals surface area contributed by atoms with Crippen molar-refractivity contribution in [2.24, 2.45) is 0 Å². The molecule has 0 aliphatic carbocycles. The zero-order valence-electron chi connectivity index (χ0n) is 18.5. The summed E-state index contributed by atoms with van der Waals surface area (Å²) in [6.07, 6.45) is 5.62. The number of pyridine rings is 1. The van der Waals surface area contributed by atoms with Crippen LogP contribution in [0.3, 0.4) is 0 Å². The van der Waals surface area contributed by atoms with E-state index in [1.807, 2.05) is 12.1 Å². The van der Waals surface area contributed by atoms with E-state index >= 15 is 0 Å². The van der Waals surface area contributed by atoms with Gasteiger partial charge >= 0.3 is 0 Å². The van der Waals surface area contributed by atoms with Gasteiger partial charge in [0.1, 0.15) is 17.4 Å². The molecule has 1 atom stereocenters. The minimum absolute atomic E-state index is 0.0341. The first kappa shape index (κ1) is 22.8. The zero-order chi connectivity index (χ0) is 22.5. The van der Waals surface area contributed by atoms with Crippen LogP contribution in [-0.2, 0) is 4.79 Å². The van der Waals surface area contributed by atoms with Gasteiger partial charge in [-0.1, -0.05) is 24.9 Å². The normalized spacial score (nSPS) is 20.0. The lowest BCUT2D eigenvalue weighted by molar-refractivity contribution is -0.121. The maximum Gasteiger partial charge on any atom is 0.244 e. The minimum Gasteiger partial charge on any atom is -0.492 e. The summed E-state index contributed by atoms with van der Waals surface area (Å²) in [5.74, 6) is 1.27. The fourth-order valence-electron chi connectivity index (χ4n) is 4.37. The molecular formula is C24H30ClFN4O2. The van der Waals surface area contributed by atoms with E-state index < -0.39 is 5.82 Å². The first-order valence-electron chi connectivity index (χ1n) is 11.4. The van der Waals surface area contributed by atoms with Crippen molar-refractivity contribution in [3.8, 4) is 5.75 Å². The molecule has 4 rings (SSSR count). The first-order valence-corrected chi connectivity index (χ1v) is 11.8. The topological polar surface area (TPSA) is 48.9 Å². The second-order valence-corrected chi connectivity index (χ2v) is 8.73. The number of aromatic nitrogens is 1. The van der Waals surface area contributed by atoms with Gasteiger partial charge in [0, 0.05) is 38.4 Å². The highest BCUT2D eigenvalue weighted by Gasteiger charge is 2.37. The van der Waals surface area contributed by atoms with Crippen molar-refractivity contribution in [1.29, 1.82) is 0 Å². The highest BCUT2D eigenvalue weighted by Crippen LogP contribution is 2.28. The van der Waals surface area contributed by atoms with Gasteiger partial charge < -0.3 is 14.5 Å². The lowest BCUT2D eigenvalue weighted by Gasteiger charge is -2.27. The molecular weight excluding hydrogens is 431 g/mol. The highest BCUT2D eigenvalue weighted by molar-refractivity contribution is 6.30. The lowest BCUT2D eigenvalue weighted by atomic mass is 10.2. The molecule has 32 heavy (non-hydrogen) atoms. The van der Waals surface area contributed by atoms with Gasteiger partial charge in [0.2, 0.25) is 5.91 Å². The molecule has 2 aliphatic heterocycles. The van der Waals surface area contributed by atoms with Gasteiger partial charge in [-0.25, -0.2) is 9.37 Å². The van der Waals surface area contributed by atoms with E-state index in [0.717, 1.165) is 63.4 Å². The Kier molecular flexibility index (Phi) is 7.48. The fraction of sp³-hybridized carbons (Fsp3) is 0.500. The molecule has 0 spiro atoms. The quantitative estimate of drug-likeness (QED) is 0.574. The standard InChI is InChI=1S/C24H30ClFN4O2/c1-2-3-15-32-19-6-8-23(27-17-19)29-11-4-10-28(13-14-29)22-9-12-30(24(22)31)18-5-7-20(25)21(26)16-18/h5-8,16-17,22H,2-4,9-15H2,1H3. The molecule has 2 aliphatic rings. The number of carbonyl (C=O) groups excluding carboxylic acids is 1. The van der Waals surface area contributed by atoms with Gasteiger partial charge in [-0.05, 0) is 49.6 Å². The maximum atomic E-state index is 13.9. The van der Waals surface area contributed by atoms with Gasteiger partial charge in [0.25, 0.3) is 0 Å². The summed E-state index contributed by atoms with van der Waals surface area (Å²) in [7, 11) is 0. The Morgan fingerprint density at radius 3 is 2.78 bits per heavy atom. The zero-order valence-corrected chi connectivity index (χ0v) is 19.2. The van der Waals surface area contributed by atoms with Crippen molar-refractivity contribution in [2.45, 2.75) is 38.6 Å².